The molecule has 1 aromatic carbocycles. The number of nitrogens with one attached hydrogen (secondary N) is 1. The van der Waals surface area contributed by atoms with Crippen LogP contribution in [0.25, 0.3) is 0 Å². The first-order chi connectivity index (χ1) is 19.4. The minimum Gasteiger partial charge on any atom is -0.456 e. The van der Waals surface area contributed by atoms with E-state index in [0.29, 0.717) is 5.56 Å². The maximum absolute atomic E-state index is 13.3. The molecule has 1 saturated heterocycles. The average Bonchev–Trinajstić information content (AvgIpc) is 3.25. The standard InChI is InChI=1S/C20H27N2O15P3S2/c1-11-9-22(20(25)21-18(11)23)17-8-15(35-19(24)14-7-5-4-6-13(14)12(2)42-41-3)16(34-17)10-33-39(29,30)37-40(31,32)36-38(26,27)28/h4-7,9,12,15-17H,8,10H2,1-3H3,(H,29,30)(H,31,32)(H,21,23,25)(H2,26,27,28)/t12?,15-,16?,17-/m1/s1. The molecule has 3 rings (SSSR count). The highest BCUT2D eigenvalue weighted by Crippen LogP contribution is 2.66. The van der Waals surface area contributed by atoms with Crippen LogP contribution in [0.1, 0.15) is 46.3 Å². The molecule has 22 heteroatoms. The SMILES string of the molecule is CSSC(C)c1ccccc1C(=O)O[C@@H]1C[C@H](n2cc(C)c(=O)[nH]c2=O)OC1COP(=O)(O)OP(=O)(O)OP(=O)(O)O. The number of aromatic nitrogens is 2. The fourth-order valence-electron chi connectivity index (χ4n) is 3.85. The highest BCUT2D eigenvalue weighted by molar-refractivity contribution is 8.76. The summed E-state index contributed by atoms with van der Waals surface area (Å²) in [5.74, 6) is -0.790. The average molecular weight is 692 g/mol. The Morgan fingerprint density at radius 3 is 2.45 bits per heavy atom. The van der Waals surface area contributed by atoms with Gasteiger partial charge in [-0.1, -0.05) is 39.8 Å². The predicted octanol–water partition coefficient (Wildman–Crippen LogP) is 2.77. The first-order valence-electron chi connectivity index (χ1n) is 11.7. The van der Waals surface area contributed by atoms with Gasteiger partial charge in [-0.3, -0.25) is 18.9 Å². The van der Waals surface area contributed by atoms with Crippen molar-refractivity contribution in [1.29, 1.82) is 0 Å². The lowest BCUT2D eigenvalue weighted by molar-refractivity contribution is -0.0512. The summed E-state index contributed by atoms with van der Waals surface area (Å²) < 4.78 is 59.3. The normalized spacial score (nSPS) is 22.7. The van der Waals surface area contributed by atoms with Crippen LogP contribution in [0, 0.1) is 6.92 Å². The Labute approximate surface area is 245 Å². The third kappa shape index (κ3) is 9.72. The molecule has 0 spiro atoms. The van der Waals surface area contributed by atoms with Crippen LogP contribution in [0.3, 0.4) is 0 Å². The molecule has 5 N–H and O–H groups in total. The summed E-state index contributed by atoms with van der Waals surface area (Å²) in [4.78, 5) is 76.3. The smallest absolute Gasteiger partial charge is 0.456 e. The number of phosphoric acid groups is 3. The van der Waals surface area contributed by atoms with Gasteiger partial charge in [0.2, 0.25) is 0 Å². The third-order valence-electron chi connectivity index (χ3n) is 5.57. The van der Waals surface area contributed by atoms with E-state index in [1.807, 2.05) is 13.2 Å². The number of hydrogen-bond acceptors (Lipinski definition) is 13. The summed E-state index contributed by atoms with van der Waals surface area (Å²) >= 11 is 0. The number of nitrogens with zero attached hydrogens (tertiary/aromatic N) is 1. The van der Waals surface area contributed by atoms with E-state index in [4.69, 9.17) is 19.3 Å². The van der Waals surface area contributed by atoms with Crippen molar-refractivity contribution in [3.63, 3.8) is 0 Å². The molecule has 2 aromatic rings. The van der Waals surface area contributed by atoms with Gasteiger partial charge in [-0.15, -0.1) is 0 Å². The van der Waals surface area contributed by atoms with E-state index in [1.54, 1.807) is 24.3 Å². The summed E-state index contributed by atoms with van der Waals surface area (Å²) in [6, 6.07) is 6.65. The summed E-state index contributed by atoms with van der Waals surface area (Å²) in [5, 5.41) is -0.111. The number of hydrogen-bond donors (Lipinski definition) is 5. The van der Waals surface area contributed by atoms with E-state index in [1.165, 1.54) is 34.7 Å². The molecule has 4 unspecified atom stereocenters. The number of phosphoric ester groups is 1. The van der Waals surface area contributed by atoms with Gasteiger partial charge < -0.3 is 29.0 Å². The van der Waals surface area contributed by atoms with Crippen molar-refractivity contribution in [3.8, 4) is 0 Å². The van der Waals surface area contributed by atoms with Gasteiger partial charge in [-0.2, -0.15) is 8.62 Å². The summed E-state index contributed by atoms with van der Waals surface area (Å²) in [7, 11) is -13.9. The molecule has 2 heterocycles. The van der Waals surface area contributed by atoms with E-state index in [2.05, 4.69) is 18.1 Å². The molecule has 1 fully saturated rings. The largest absolute Gasteiger partial charge is 0.490 e. The molecular weight excluding hydrogens is 665 g/mol. The van der Waals surface area contributed by atoms with Gasteiger partial charge in [-0.25, -0.2) is 23.3 Å². The van der Waals surface area contributed by atoms with Gasteiger partial charge >= 0.3 is 35.1 Å². The second-order valence-electron chi connectivity index (χ2n) is 8.67. The van der Waals surface area contributed by atoms with Gasteiger partial charge in [0.15, 0.2) is 0 Å². The molecular formula is C20H27N2O15P3S2. The highest BCUT2D eigenvalue weighted by Gasteiger charge is 2.44. The van der Waals surface area contributed by atoms with Gasteiger partial charge in [0.1, 0.15) is 18.4 Å². The van der Waals surface area contributed by atoms with Crippen LogP contribution in [-0.2, 0) is 36.3 Å². The van der Waals surface area contributed by atoms with Crippen LogP contribution >= 0.6 is 45.1 Å². The first-order valence-corrected chi connectivity index (χ1v) is 18.8. The Balaban J connectivity index is 1.86. The monoisotopic (exact) mass is 692 g/mol. The Kier molecular flexibility index (Phi) is 11.7. The van der Waals surface area contributed by atoms with Gasteiger partial charge in [0.05, 0.1) is 12.2 Å². The van der Waals surface area contributed by atoms with Crippen LogP contribution in [0.4, 0.5) is 0 Å². The molecule has 1 aromatic heterocycles. The van der Waals surface area contributed by atoms with E-state index in [-0.39, 0.29) is 22.8 Å². The number of ether oxygens (including phenoxy) is 2. The van der Waals surface area contributed by atoms with Gasteiger partial charge in [0, 0.05) is 23.4 Å². The zero-order valence-electron chi connectivity index (χ0n) is 22.0. The van der Waals surface area contributed by atoms with Crippen molar-refractivity contribution in [2.75, 3.05) is 12.9 Å². The molecule has 234 valence electrons. The number of H-pyrrole nitrogens is 1. The van der Waals surface area contributed by atoms with Crippen molar-refractivity contribution in [3.05, 3.63) is 68.0 Å². The quantitative estimate of drug-likeness (QED) is 0.115. The number of carbonyl (C=O) groups excluding carboxylic acids is 1. The second kappa shape index (κ2) is 14.0. The number of esters is 1. The minimum absolute atomic E-state index is 0.111. The molecule has 6 atom stereocenters. The maximum Gasteiger partial charge on any atom is 0.490 e. The van der Waals surface area contributed by atoms with Crippen molar-refractivity contribution in [2.45, 2.75) is 44.0 Å². The number of aryl methyl sites for hydroxylation is 1. The van der Waals surface area contributed by atoms with E-state index < -0.39 is 65.7 Å². The van der Waals surface area contributed by atoms with E-state index >= 15 is 0 Å². The van der Waals surface area contributed by atoms with Gasteiger partial charge in [-0.05, 0) is 31.7 Å². The Morgan fingerprint density at radius 2 is 1.81 bits per heavy atom. The summed E-state index contributed by atoms with van der Waals surface area (Å²) in [6.45, 7) is 2.38. The van der Waals surface area contributed by atoms with Crippen LogP contribution in [0.2, 0.25) is 0 Å². The first kappa shape index (κ1) is 34.9. The molecule has 0 radical (unpaired) electrons. The molecule has 0 amide bonds. The fourth-order valence-corrected chi connectivity index (χ4v) is 8.66. The Hall–Kier alpha value is -1.56. The number of rotatable bonds is 13. The van der Waals surface area contributed by atoms with Crippen LogP contribution in [0.15, 0.2) is 40.1 Å². The lowest BCUT2D eigenvalue weighted by Crippen LogP contribution is -2.33. The van der Waals surface area contributed by atoms with Crippen molar-refractivity contribution in [1.82, 2.24) is 9.55 Å². The summed E-state index contributed by atoms with van der Waals surface area (Å²) in [5.41, 5.74) is -0.469. The number of aromatic amines is 1. The molecule has 0 aliphatic carbocycles. The zero-order valence-corrected chi connectivity index (χ0v) is 26.3. The lowest BCUT2D eigenvalue weighted by atomic mass is 10.0. The van der Waals surface area contributed by atoms with Crippen molar-refractivity contribution in [2.24, 2.45) is 0 Å². The Morgan fingerprint density at radius 1 is 1.14 bits per heavy atom. The van der Waals surface area contributed by atoms with Crippen LogP contribution in [0.5, 0.6) is 0 Å². The van der Waals surface area contributed by atoms with E-state index in [9.17, 15) is 37.9 Å². The molecule has 0 saturated carbocycles. The maximum atomic E-state index is 13.3. The summed E-state index contributed by atoms with van der Waals surface area (Å²) in [6.07, 6.45) is -0.897. The minimum atomic E-state index is -5.78. The lowest BCUT2D eigenvalue weighted by Gasteiger charge is -2.22. The Bertz CT molecular complexity index is 1560. The number of benzene rings is 1. The number of carbonyl (C=O) groups is 1. The third-order valence-corrected chi connectivity index (χ3v) is 11.6. The van der Waals surface area contributed by atoms with Gasteiger partial charge in [0.25, 0.3) is 5.56 Å². The molecule has 1 aliphatic heterocycles. The van der Waals surface area contributed by atoms with Crippen molar-refractivity contribution >= 4 is 51.0 Å². The molecule has 1 aliphatic rings. The molecule has 42 heavy (non-hydrogen) atoms. The van der Waals surface area contributed by atoms with Crippen molar-refractivity contribution < 1.29 is 60.7 Å². The molecule has 0 bridgehead atoms. The fraction of sp³-hybridized carbons (Fsp3) is 0.450. The zero-order chi connectivity index (χ0) is 31.5. The molecule has 17 nitrogen and oxygen atoms in total. The topological polar surface area (TPSA) is 250 Å². The highest BCUT2D eigenvalue weighted by atomic mass is 33.1. The van der Waals surface area contributed by atoms with Crippen LogP contribution in [-0.4, -0.2) is 60.2 Å². The van der Waals surface area contributed by atoms with Crippen LogP contribution < -0.4 is 11.2 Å². The van der Waals surface area contributed by atoms with E-state index in [0.717, 1.165) is 4.57 Å². The second-order valence-corrected chi connectivity index (χ2v) is 15.9. The predicted molar refractivity (Wildman–Crippen MR) is 150 cm³/mol.